The molecule has 1 amide bonds. The second-order valence-corrected chi connectivity index (χ2v) is 21.1. The Bertz CT molecular complexity index is 1340. The monoisotopic (exact) mass is 961 g/mol. The minimum absolute atomic E-state index is 0.0279. The van der Waals surface area contributed by atoms with Crippen LogP contribution >= 0.6 is 7.82 Å². The van der Waals surface area contributed by atoms with Gasteiger partial charge < -0.3 is 28.5 Å². The third-order valence-electron chi connectivity index (χ3n) is 11.9. The predicted molar refractivity (Wildman–Crippen MR) is 284 cm³/mol. The number of likely N-dealkylation sites (N-methyl/N-ethyl adjacent to an activating group) is 1. The molecular formula is C57H105N2O7P. The van der Waals surface area contributed by atoms with Crippen molar-refractivity contribution in [3.63, 3.8) is 0 Å². The van der Waals surface area contributed by atoms with Crippen LogP contribution in [0.5, 0.6) is 0 Å². The maximum absolute atomic E-state index is 13.4. The van der Waals surface area contributed by atoms with Gasteiger partial charge in [-0.1, -0.05) is 197 Å². The van der Waals surface area contributed by atoms with Crippen LogP contribution in [0, 0.1) is 0 Å². The lowest BCUT2D eigenvalue weighted by molar-refractivity contribution is -0.870. The molecule has 0 rings (SSSR count). The molecule has 0 aliphatic carbocycles. The summed E-state index contributed by atoms with van der Waals surface area (Å²) < 4.78 is 30.1. The Labute approximate surface area is 413 Å². The molecule has 0 radical (unpaired) electrons. The molecule has 0 saturated carbocycles. The summed E-state index contributed by atoms with van der Waals surface area (Å²) in [6, 6.07) is -0.897. The third-order valence-corrected chi connectivity index (χ3v) is 12.9. The molecule has 0 aromatic carbocycles. The second-order valence-electron chi connectivity index (χ2n) is 19.7. The highest BCUT2D eigenvalue weighted by Crippen LogP contribution is 2.38. The van der Waals surface area contributed by atoms with E-state index in [2.05, 4.69) is 74.7 Å². The number of phosphoric ester groups is 1. The number of esters is 1. The molecule has 390 valence electrons. The van der Waals surface area contributed by atoms with Crippen molar-refractivity contribution in [2.75, 3.05) is 40.9 Å². The van der Waals surface area contributed by atoms with Gasteiger partial charge in [-0.05, 0) is 89.5 Å². The van der Waals surface area contributed by atoms with Gasteiger partial charge in [0.05, 0.1) is 33.8 Å². The fourth-order valence-electron chi connectivity index (χ4n) is 7.57. The standard InChI is InChI=1S/C57H105N2O7P/c1-7-10-13-16-19-22-25-26-27-28-29-30-31-32-35-37-40-43-46-49-56(60)58-54(53-65-67(62,63)64-52-51-59(4,5)6)55(48-45-42-39-36-33-23-20-17-14-11-8-2)66-57(61)50-47-44-41-38-34-24-21-18-15-12-9-3/h18-19,21-22,26-27,29-30,45,48,54-55H,7-17,20,23-25,28,31-44,46-47,49-53H2,1-6H3,(H-,58,60,62,63)/b21-18-,22-19-,27-26-,30-29-,48-45-. The van der Waals surface area contributed by atoms with Gasteiger partial charge in [-0.3, -0.25) is 14.2 Å². The predicted octanol–water partition coefficient (Wildman–Crippen LogP) is 15.7. The Balaban J connectivity index is 5.33. The van der Waals surface area contributed by atoms with Crippen molar-refractivity contribution >= 4 is 19.7 Å². The number of hydrogen-bond acceptors (Lipinski definition) is 7. The van der Waals surface area contributed by atoms with E-state index in [0.29, 0.717) is 17.4 Å². The number of nitrogens with zero attached hydrogens (tertiary/aromatic N) is 1. The summed E-state index contributed by atoms with van der Waals surface area (Å²) in [5, 5.41) is 3.00. The van der Waals surface area contributed by atoms with E-state index in [4.69, 9.17) is 13.8 Å². The number of quaternary nitrogens is 1. The number of ether oxygens (including phenoxy) is 1. The molecule has 3 atom stereocenters. The molecule has 0 heterocycles. The van der Waals surface area contributed by atoms with E-state index in [9.17, 15) is 19.0 Å². The summed E-state index contributed by atoms with van der Waals surface area (Å²) in [6.45, 7) is 6.74. The smallest absolute Gasteiger partial charge is 0.306 e. The van der Waals surface area contributed by atoms with Crippen LogP contribution in [0.1, 0.15) is 239 Å². The van der Waals surface area contributed by atoms with Gasteiger partial charge in [-0.25, -0.2) is 0 Å². The summed E-state index contributed by atoms with van der Waals surface area (Å²) in [6.07, 6.45) is 57.5. The van der Waals surface area contributed by atoms with Crippen LogP contribution in [0.3, 0.4) is 0 Å². The number of nitrogens with one attached hydrogen (secondary N) is 1. The first-order valence-corrected chi connectivity index (χ1v) is 29.1. The Hall–Kier alpha value is -2.29. The molecule has 0 spiro atoms. The Morgan fingerprint density at radius 3 is 1.45 bits per heavy atom. The van der Waals surface area contributed by atoms with Gasteiger partial charge in [0.1, 0.15) is 19.3 Å². The van der Waals surface area contributed by atoms with Gasteiger partial charge in [0.25, 0.3) is 7.82 Å². The van der Waals surface area contributed by atoms with Gasteiger partial charge in [0.2, 0.25) is 5.91 Å². The van der Waals surface area contributed by atoms with Crippen LogP contribution in [0.2, 0.25) is 0 Å². The Kier molecular flexibility index (Phi) is 45.8. The molecule has 0 aromatic heterocycles. The fraction of sp³-hybridized carbons (Fsp3) is 0.789. The Morgan fingerprint density at radius 2 is 0.925 bits per heavy atom. The van der Waals surface area contributed by atoms with Gasteiger partial charge in [-0.2, -0.15) is 0 Å². The summed E-state index contributed by atoms with van der Waals surface area (Å²) in [7, 11) is 1.17. The van der Waals surface area contributed by atoms with Crippen molar-refractivity contribution in [1.82, 2.24) is 5.32 Å². The van der Waals surface area contributed by atoms with E-state index in [0.717, 1.165) is 122 Å². The zero-order valence-electron chi connectivity index (χ0n) is 44.3. The third kappa shape index (κ3) is 48.5. The van der Waals surface area contributed by atoms with E-state index in [1.54, 1.807) is 0 Å². The number of rotatable bonds is 49. The molecule has 3 unspecified atom stereocenters. The molecule has 1 N–H and O–H groups in total. The van der Waals surface area contributed by atoms with Crippen LogP contribution < -0.4 is 10.2 Å². The van der Waals surface area contributed by atoms with E-state index in [1.165, 1.54) is 83.5 Å². The molecule has 10 heteroatoms. The number of carbonyl (C=O) groups excluding carboxylic acids is 2. The van der Waals surface area contributed by atoms with E-state index >= 15 is 0 Å². The van der Waals surface area contributed by atoms with Crippen LogP contribution in [-0.4, -0.2) is 69.4 Å². The Morgan fingerprint density at radius 1 is 0.522 bits per heavy atom. The lowest BCUT2D eigenvalue weighted by Crippen LogP contribution is -2.47. The van der Waals surface area contributed by atoms with Crippen molar-refractivity contribution < 1.29 is 37.3 Å². The highest BCUT2D eigenvalue weighted by atomic mass is 31.2. The number of phosphoric acid groups is 1. The zero-order valence-corrected chi connectivity index (χ0v) is 45.2. The molecule has 9 nitrogen and oxygen atoms in total. The number of carbonyl (C=O) groups is 2. The van der Waals surface area contributed by atoms with Crippen molar-refractivity contribution in [3.8, 4) is 0 Å². The quantitative estimate of drug-likeness (QED) is 0.0212. The summed E-state index contributed by atoms with van der Waals surface area (Å²) in [5.41, 5.74) is 0. The van der Waals surface area contributed by atoms with Crippen molar-refractivity contribution in [1.29, 1.82) is 0 Å². The van der Waals surface area contributed by atoms with Crippen molar-refractivity contribution in [2.45, 2.75) is 251 Å². The average Bonchev–Trinajstić information content (AvgIpc) is 3.28. The minimum atomic E-state index is -4.69. The maximum Gasteiger partial charge on any atom is 0.306 e. The van der Waals surface area contributed by atoms with Gasteiger partial charge in [-0.15, -0.1) is 0 Å². The van der Waals surface area contributed by atoms with E-state index in [-0.39, 0.29) is 24.9 Å². The highest BCUT2D eigenvalue weighted by molar-refractivity contribution is 7.45. The summed E-state index contributed by atoms with van der Waals surface area (Å²) >= 11 is 0. The van der Waals surface area contributed by atoms with Crippen molar-refractivity contribution in [2.24, 2.45) is 0 Å². The van der Waals surface area contributed by atoms with Gasteiger partial charge in [0, 0.05) is 12.8 Å². The molecule has 0 aromatic rings. The number of unbranched alkanes of at least 4 members (excludes halogenated alkanes) is 25. The van der Waals surface area contributed by atoms with Crippen LogP contribution in [0.4, 0.5) is 0 Å². The maximum atomic E-state index is 13.4. The summed E-state index contributed by atoms with van der Waals surface area (Å²) in [4.78, 5) is 39.7. The minimum Gasteiger partial charge on any atom is -0.756 e. The number of amides is 1. The lowest BCUT2D eigenvalue weighted by Gasteiger charge is -2.30. The molecule has 0 bridgehead atoms. The number of allylic oxidation sites excluding steroid dienone is 9. The van der Waals surface area contributed by atoms with Gasteiger partial charge >= 0.3 is 5.97 Å². The molecule has 0 saturated heterocycles. The van der Waals surface area contributed by atoms with Crippen LogP contribution in [0.15, 0.2) is 60.8 Å². The normalized spacial score (nSPS) is 14.3. The first-order valence-electron chi connectivity index (χ1n) is 27.6. The van der Waals surface area contributed by atoms with Crippen LogP contribution in [0.25, 0.3) is 0 Å². The molecule has 0 aliphatic heterocycles. The number of hydrogen-bond donors (Lipinski definition) is 1. The first-order chi connectivity index (χ1) is 32.4. The highest BCUT2D eigenvalue weighted by Gasteiger charge is 2.27. The van der Waals surface area contributed by atoms with E-state index < -0.39 is 26.6 Å². The summed E-state index contributed by atoms with van der Waals surface area (Å²) in [5.74, 6) is -0.569. The first kappa shape index (κ1) is 64.7. The van der Waals surface area contributed by atoms with Crippen LogP contribution in [-0.2, 0) is 27.9 Å². The van der Waals surface area contributed by atoms with E-state index in [1.807, 2.05) is 33.3 Å². The molecule has 0 fully saturated rings. The van der Waals surface area contributed by atoms with Gasteiger partial charge in [0.15, 0.2) is 0 Å². The zero-order chi connectivity index (χ0) is 49.4. The lowest BCUT2D eigenvalue weighted by atomic mass is 10.1. The topological polar surface area (TPSA) is 114 Å². The average molecular weight is 961 g/mol. The molecular weight excluding hydrogens is 856 g/mol. The van der Waals surface area contributed by atoms with Crippen molar-refractivity contribution in [3.05, 3.63) is 60.8 Å². The second kappa shape index (κ2) is 47.4. The molecule has 67 heavy (non-hydrogen) atoms. The fourth-order valence-corrected chi connectivity index (χ4v) is 8.29. The largest absolute Gasteiger partial charge is 0.756 e. The molecule has 0 aliphatic rings. The SMILES string of the molecule is CCCC/C=C\CCCCCCCC(=O)OC(/C=C\CCCCCCCCCCC)C(COP(=O)([O-])OCC[N+](C)(C)C)NC(=O)CCCCCCCC/C=C\C/C=C\C/C=C\CCCCC.